The summed E-state index contributed by atoms with van der Waals surface area (Å²) >= 11 is 0. The number of hydrogen-bond donors (Lipinski definition) is 2. The third-order valence-corrected chi connectivity index (χ3v) is 4.84. The molecule has 2 atom stereocenters. The van der Waals surface area contributed by atoms with Crippen LogP contribution in [0.3, 0.4) is 0 Å². The van der Waals surface area contributed by atoms with E-state index in [1.165, 1.54) is 7.11 Å². The van der Waals surface area contributed by atoms with E-state index < -0.39 is 10.0 Å². The summed E-state index contributed by atoms with van der Waals surface area (Å²) in [5.74, 6) is 0.804. The summed E-state index contributed by atoms with van der Waals surface area (Å²) in [6.45, 7) is 2.70. The van der Waals surface area contributed by atoms with Gasteiger partial charge in [0.15, 0.2) is 0 Å². The van der Waals surface area contributed by atoms with Crippen molar-refractivity contribution in [3.63, 3.8) is 0 Å². The number of sulfonamides is 1. The van der Waals surface area contributed by atoms with E-state index in [-0.39, 0.29) is 10.9 Å². The van der Waals surface area contributed by atoms with E-state index in [2.05, 4.69) is 10.0 Å². The minimum Gasteiger partial charge on any atom is -0.495 e. The fourth-order valence-corrected chi connectivity index (χ4v) is 3.51. The molecule has 0 aliphatic heterocycles. The summed E-state index contributed by atoms with van der Waals surface area (Å²) in [4.78, 5) is 0.203. The van der Waals surface area contributed by atoms with Crippen molar-refractivity contribution < 1.29 is 13.2 Å². The Labute approximate surface area is 114 Å². The number of rotatable bonds is 6. The summed E-state index contributed by atoms with van der Waals surface area (Å²) in [6, 6.07) is 5.21. The van der Waals surface area contributed by atoms with Gasteiger partial charge in [-0.15, -0.1) is 0 Å². The molecule has 2 N–H and O–H groups in total. The Bertz CT molecular complexity index is 557. The molecular weight excluding hydrogens is 264 g/mol. The molecule has 5 nitrogen and oxygen atoms in total. The SMILES string of the molecule is CNCc1ccc(S(=O)(=O)NC2CC2C)c(OC)c1. The molecule has 1 fully saturated rings. The predicted octanol–water partition coefficient (Wildman–Crippen LogP) is 1.10. The molecule has 1 aromatic rings. The fraction of sp³-hybridized carbons (Fsp3) is 0.538. The quantitative estimate of drug-likeness (QED) is 0.821. The van der Waals surface area contributed by atoms with Crippen LogP contribution in [0.1, 0.15) is 18.9 Å². The van der Waals surface area contributed by atoms with Gasteiger partial charge >= 0.3 is 0 Å². The molecule has 1 aromatic carbocycles. The first kappa shape index (κ1) is 14.3. The van der Waals surface area contributed by atoms with Crippen LogP contribution in [-0.4, -0.2) is 28.6 Å². The molecule has 1 saturated carbocycles. The zero-order valence-corrected chi connectivity index (χ0v) is 12.3. The van der Waals surface area contributed by atoms with Gasteiger partial charge in [-0.3, -0.25) is 0 Å². The lowest BCUT2D eigenvalue weighted by atomic mass is 10.2. The number of hydrogen-bond acceptors (Lipinski definition) is 4. The van der Waals surface area contributed by atoms with E-state index in [0.717, 1.165) is 12.0 Å². The Kier molecular flexibility index (Phi) is 4.13. The highest BCUT2D eigenvalue weighted by Crippen LogP contribution is 2.32. The van der Waals surface area contributed by atoms with Crippen molar-refractivity contribution in [2.45, 2.75) is 30.8 Å². The third-order valence-electron chi connectivity index (χ3n) is 3.31. The van der Waals surface area contributed by atoms with Crippen LogP contribution in [0.2, 0.25) is 0 Å². The average molecular weight is 284 g/mol. The largest absolute Gasteiger partial charge is 0.495 e. The fourth-order valence-electron chi connectivity index (χ4n) is 2.00. The molecule has 1 aliphatic carbocycles. The highest BCUT2D eigenvalue weighted by atomic mass is 32.2. The lowest BCUT2D eigenvalue weighted by Crippen LogP contribution is -2.27. The first-order valence-electron chi connectivity index (χ1n) is 6.31. The molecule has 2 unspecified atom stereocenters. The van der Waals surface area contributed by atoms with Gasteiger partial charge in [-0.05, 0) is 37.1 Å². The number of ether oxygens (including phenoxy) is 1. The van der Waals surface area contributed by atoms with Gasteiger partial charge < -0.3 is 10.1 Å². The van der Waals surface area contributed by atoms with Crippen LogP contribution >= 0.6 is 0 Å². The molecule has 0 aromatic heterocycles. The van der Waals surface area contributed by atoms with Gasteiger partial charge in [0, 0.05) is 12.6 Å². The highest BCUT2D eigenvalue weighted by Gasteiger charge is 2.37. The van der Waals surface area contributed by atoms with Crippen LogP contribution in [0.15, 0.2) is 23.1 Å². The molecule has 0 saturated heterocycles. The second-order valence-corrected chi connectivity index (χ2v) is 6.64. The molecule has 0 bridgehead atoms. The minimum atomic E-state index is -3.50. The van der Waals surface area contributed by atoms with E-state index in [4.69, 9.17) is 4.74 Å². The van der Waals surface area contributed by atoms with Crippen molar-refractivity contribution in [3.05, 3.63) is 23.8 Å². The Morgan fingerprint density at radius 2 is 2.11 bits per heavy atom. The van der Waals surface area contributed by atoms with Crippen molar-refractivity contribution in [2.75, 3.05) is 14.2 Å². The van der Waals surface area contributed by atoms with Gasteiger partial charge in [0.2, 0.25) is 10.0 Å². The van der Waals surface area contributed by atoms with E-state index in [1.54, 1.807) is 18.2 Å². The smallest absolute Gasteiger partial charge is 0.244 e. The lowest BCUT2D eigenvalue weighted by Gasteiger charge is -2.12. The van der Waals surface area contributed by atoms with Gasteiger partial charge in [0.1, 0.15) is 10.6 Å². The van der Waals surface area contributed by atoms with Crippen LogP contribution in [0, 0.1) is 5.92 Å². The summed E-state index contributed by atoms with van der Waals surface area (Å²) < 4.78 is 32.4. The van der Waals surface area contributed by atoms with Crippen molar-refractivity contribution in [1.82, 2.24) is 10.0 Å². The first-order chi connectivity index (χ1) is 8.97. The maximum atomic E-state index is 12.3. The molecule has 6 heteroatoms. The van der Waals surface area contributed by atoms with Crippen molar-refractivity contribution in [2.24, 2.45) is 5.92 Å². The molecule has 2 rings (SSSR count). The summed E-state index contributed by atoms with van der Waals surface area (Å²) in [5, 5.41) is 3.02. The maximum absolute atomic E-state index is 12.3. The molecule has 106 valence electrons. The monoisotopic (exact) mass is 284 g/mol. The van der Waals surface area contributed by atoms with Gasteiger partial charge in [-0.1, -0.05) is 13.0 Å². The lowest BCUT2D eigenvalue weighted by molar-refractivity contribution is 0.401. The minimum absolute atomic E-state index is 0.0618. The van der Waals surface area contributed by atoms with Crippen LogP contribution in [0.4, 0.5) is 0 Å². The Morgan fingerprint density at radius 3 is 2.63 bits per heavy atom. The van der Waals surface area contributed by atoms with E-state index in [0.29, 0.717) is 18.2 Å². The zero-order chi connectivity index (χ0) is 14.0. The van der Waals surface area contributed by atoms with Crippen molar-refractivity contribution in [3.8, 4) is 5.75 Å². The molecular formula is C13H20N2O3S. The molecule has 0 radical (unpaired) electrons. The maximum Gasteiger partial charge on any atom is 0.244 e. The van der Waals surface area contributed by atoms with Gasteiger partial charge in [-0.2, -0.15) is 0 Å². The van der Waals surface area contributed by atoms with E-state index in [9.17, 15) is 8.42 Å². The molecule has 0 spiro atoms. The van der Waals surface area contributed by atoms with Crippen LogP contribution in [0.5, 0.6) is 5.75 Å². The molecule has 1 aliphatic rings. The molecule has 19 heavy (non-hydrogen) atoms. The van der Waals surface area contributed by atoms with Gasteiger partial charge in [-0.25, -0.2) is 13.1 Å². The average Bonchev–Trinajstić information content (AvgIpc) is 3.04. The predicted molar refractivity (Wildman–Crippen MR) is 73.6 cm³/mol. The summed E-state index contributed by atoms with van der Waals surface area (Å²) in [6.07, 6.45) is 0.902. The number of methoxy groups -OCH3 is 1. The Morgan fingerprint density at radius 1 is 1.42 bits per heavy atom. The normalized spacial score (nSPS) is 22.3. The second kappa shape index (κ2) is 5.48. The highest BCUT2D eigenvalue weighted by molar-refractivity contribution is 7.89. The van der Waals surface area contributed by atoms with Crippen LogP contribution in [-0.2, 0) is 16.6 Å². The summed E-state index contributed by atoms with van der Waals surface area (Å²) in [7, 11) is -0.176. The third kappa shape index (κ3) is 3.26. The van der Waals surface area contributed by atoms with Gasteiger partial charge in [0.25, 0.3) is 0 Å². The summed E-state index contributed by atoms with van der Waals surface area (Å²) in [5.41, 5.74) is 0.984. The number of nitrogens with one attached hydrogen (secondary N) is 2. The number of benzene rings is 1. The van der Waals surface area contributed by atoms with E-state index >= 15 is 0 Å². The second-order valence-electron chi connectivity index (χ2n) is 4.96. The van der Waals surface area contributed by atoms with Gasteiger partial charge in [0.05, 0.1) is 7.11 Å². The van der Waals surface area contributed by atoms with Crippen molar-refractivity contribution in [1.29, 1.82) is 0 Å². The zero-order valence-electron chi connectivity index (χ0n) is 11.4. The molecule has 0 heterocycles. The van der Waals surface area contributed by atoms with Crippen LogP contribution in [0.25, 0.3) is 0 Å². The Hall–Kier alpha value is -1.11. The first-order valence-corrected chi connectivity index (χ1v) is 7.80. The standard InChI is InChI=1S/C13H20N2O3S/c1-9-6-11(9)15-19(16,17)13-5-4-10(8-14-2)7-12(13)18-3/h4-5,7,9,11,14-15H,6,8H2,1-3H3. The van der Waals surface area contributed by atoms with Crippen molar-refractivity contribution >= 4 is 10.0 Å². The molecule has 0 amide bonds. The Balaban J connectivity index is 2.27. The van der Waals surface area contributed by atoms with E-state index in [1.807, 2.05) is 14.0 Å². The topological polar surface area (TPSA) is 67.4 Å². The van der Waals surface area contributed by atoms with Crippen LogP contribution < -0.4 is 14.8 Å².